The Morgan fingerprint density at radius 1 is 0.976 bits per heavy atom. The summed E-state index contributed by atoms with van der Waals surface area (Å²) in [6.07, 6.45) is 1.23. The van der Waals surface area contributed by atoms with E-state index in [0.717, 1.165) is 16.1 Å². The molecule has 1 aliphatic heterocycles. The number of ether oxygens (including phenoxy) is 2. The van der Waals surface area contributed by atoms with Crippen LogP contribution in [0.15, 0.2) is 72.8 Å². The molecule has 3 aromatic carbocycles. The van der Waals surface area contributed by atoms with Gasteiger partial charge in [0.15, 0.2) is 11.5 Å². The van der Waals surface area contributed by atoms with E-state index in [9.17, 15) is 18.0 Å². The first kappa shape index (κ1) is 30.2. The molecule has 2 amide bonds. The van der Waals surface area contributed by atoms with Crippen molar-refractivity contribution >= 4 is 39.1 Å². The summed E-state index contributed by atoms with van der Waals surface area (Å²) >= 11 is 6.48. The van der Waals surface area contributed by atoms with Crippen molar-refractivity contribution in [2.75, 3.05) is 23.9 Å². The minimum Gasteiger partial charge on any atom is -0.454 e. The molecule has 9 nitrogen and oxygen atoms in total. The maximum Gasteiger partial charge on any atom is 0.244 e. The molecule has 0 aromatic heterocycles. The van der Waals surface area contributed by atoms with E-state index in [1.54, 1.807) is 36.4 Å². The third-order valence-corrected chi connectivity index (χ3v) is 7.90. The van der Waals surface area contributed by atoms with Crippen LogP contribution in [0.1, 0.15) is 31.9 Å². The van der Waals surface area contributed by atoms with E-state index < -0.39 is 34.1 Å². The van der Waals surface area contributed by atoms with Crippen molar-refractivity contribution in [2.24, 2.45) is 0 Å². The highest BCUT2D eigenvalue weighted by Gasteiger charge is 2.35. The molecule has 1 atom stereocenters. The number of benzene rings is 3. The van der Waals surface area contributed by atoms with Gasteiger partial charge in [-0.3, -0.25) is 13.9 Å². The zero-order valence-corrected chi connectivity index (χ0v) is 25.0. The van der Waals surface area contributed by atoms with Crippen LogP contribution >= 0.6 is 11.6 Å². The minimum absolute atomic E-state index is 0.00763. The first-order valence-electron chi connectivity index (χ1n) is 13.1. The second kappa shape index (κ2) is 12.4. The van der Waals surface area contributed by atoms with Crippen LogP contribution in [0.25, 0.3) is 0 Å². The van der Waals surface area contributed by atoms with Crippen molar-refractivity contribution in [1.82, 2.24) is 10.2 Å². The number of halogens is 1. The molecule has 0 unspecified atom stereocenters. The normalized spacial score (nSPS) is 13.4. The van der Waals surface area contributed by atoms with Crippen molar-refractivity contribution in [3.8, 4) is 11.5 Å². The first-order chi connectivity index (χ1) is 19.3. The van der Waals surface area contributed by atoms with E-state index in [2.05, 4.69) is 5.32 Å². The molecular formula is C30H34ClN3O6S. The van der Waals surface area contributed by atoms with Gasteiger partial charge in [-0.1, -0.05) is 60.1 Å². The van der Waals surface area contributed by atoms with Gasteiger partial charge in [0.1, 0.15) is 12.6 Å². The molecule has 0 fully saturated rings. The molecule has 1 heterocycles. The van der Waals surface area contributed by atoms with Gasteiger partial charge in [-0.15, -0.1) is 0 Å². The molecule has 1 N–H and O–H groups in total. The van der Waals surface area contributed by atoms with Gasteiger partial charge in [-0.25, -0.2) is 8.42 Å². The Bertz CT molecular complexity index is 1510. The second-order valence-corrected chi connectivity index (χ2v) is 13.2. The third-order valence-electron chi connectivity index (χ3n) is 6.39. The number of hydrogen-bond acceptors (Lipinski definition) is 6. The number of carbonyl (C=O) groups is 2. The van der Waals surface area contributed by atoms with E-state index in [-0.39, 0.29) is 31.4 Å². The number of fused-ring (bicyclic) bond motifs is 1. The number of sulfonamides is 1. The molecule has 0 spiro atoms. The van der Waals surface area contributed by atoms with Crippen molar-refractivity contribution in [1.29, 1.82) is 0 Å². The van der Waals surface area contributed by atoms with Crippen molar-refractivity contribution < 1.29 is 27.5 Å². The SMILES string of the molecule is CC(C)(C)NC(=O)[C@H](Cc1ccccc1)N(Cc1ccccc1Cl)C(=O)CN(c1ccc2c(c1)OCO2)S(C)(=O)=O. The fraction of sp³-hybridized carbons (Fsp3) is 0.333. The summed E-state index contributed by atoms with van der Waals surface area (Å²) in [5.74, 6) is -0.0765. The lowest BCUT2D eigenvalue weighted by atomic mass is 10.0. The van der Waals surface area contributed by atoms with Crippen LogP contribution in [0, 0.1) is 0 Å². The number of anilines is 1. The fourth-order valence-electron chi connectivity index (χ4n) is 4.47. The zero-order chi connectivity index (χ0) is 29.8. The van der Waals surface area contributed by atoms with Gasteiger partial charge in [0.25, 0.3) is 0 Å². The molecule has 41 heavy (non-hydrogen) atoms. The number of nitrogens with one attached hydrogen (secondary N) is 1. The lowest BCUT2D eigenvalue weighted by molar-refractivity contribution is -0.140. The van der Waals surface area contributed by atoms with Gasteiger partial charge in [0.2, 0.25) is 28.6 Å². The van der Waals surface area contributed by atoms with Gasteiger partial charge in [-0.05, 0) is 50.1 Å². The topological polar surface area (TPSA) is 105 Å². The highest BCUT2D eigenvalue weighted by Crippen LogP contribution is 2.36. The van der Waals surface area contributed by atoms with Crippen molar-refractivity contribution in [3.05, 3.63) is 88.9 Å². The molecule has 0 radical (unpaired) electrons. The second-order valence-electron chi connectivity index (χ2n) is 10.9. The molecule has 0 saturated heterocycles. The molecular weight excluding hydrogens is 566 g/mol. The summed E-state index contributed by atoms with van der Waals surface area (Å²) in [4.78, 5) is 29.3. The molecule has 0 bridgehead atoms. The van der Waals surface area contributed by atoms with Gasteiger partial charge >= 0.3 is 0 Å². The Kier molecular flexibility index (Phi) is 9.14. The number of rotatable bonds is 10. The smallest absolute Gasteiger partial charge is 0.244 e. The van der Waals surface area contributed by atoms with Gasteiger partial charge in [-0.2, -0.15) is 0 Å². The Balaban J connectivity index is 1.75. The van der Waals surface area contributed by atoms with Gasteiger partial charge in [0, 0.05) is 29.6 Å². The van der Waals surface area contributed by atoms with Crippen LogP contribution < -0.4 is 19.1 Å². The van der Waals surface area contributed by atoms with Crippen LogP contribution in [-0.2, 0) is 32.6 Å². The largest absolute Gasteiger partial charge is 0.454 e. The summed E-state index contributed by atoms with van der Waals surface area (Å²) in [6, 6.07) is 20.1. The minimum atomic E-state index is -3.92. The van der Waals surface area contributed by atoms with Crippen LogP contribution in [0.3, 0.4) is 0 Å². The number of amides is 2. The van der Waals surface area contributed by atoms with Crippen LogP contribution in [0.5, 0.6) is 11.5 Å². The molecule has 0 aliphatic carbocycles. The van der Waals surface area contributed by atoms with Gasteiger partial charge in [0.05, 0.1) is 11.9 Å². The van der Waals surface area contributed by atoms with Crippen molar-refractivity contribution in [3.63, 3.8) is 0 Å². The van der Waals surface area contributed by atoms with E-state index in [0.29, 0.717) is 22.1 Å². The van der Waals surface area contributed by atoms with E-state index in [1.165, 1.54) is 11.0 Å². The highest BCUT2D eigenvalue weighted by atomic mass is 35.5. The molecule has 3 aromatic rings. The molecule has 11 heteroatoms. The van der Waals surface area contributed by atoms with Crippen LogP contribution in [-0.4, -0.2) is 56.3 Å². The molecule has 4 rings (SSSR count). The van der Waals surface area contributed by atoms with Crippen molar-refractivity contribution in [2.45, 2.75) is 45.3 Å². The summed E-state index contributed by atoms with van der Waals surface area (Å²) < 4.78 is 37.7. The maximum atomic E-state index is 14.2. The summed E-state index contributed by atoms with van der Waals surface area (Å²) in [7, 11) is -3.92. The lowest BCUT2D eigenvalue weighted by Gasteiger charge is -2.35. The van der Waals surface area contributed by atoms with Gasteiger partial charge < -0.3 is 19.7 Å². The molecule has 1 aliphatic rings. The van der Waals surface area contributed by atoms with E-state index in [1.807, 2.05) is 51.1 Å². The Labute approximate surface area is 246 Å². The maximum absolute atomic E-state index is 14.2. The monoisotopic (exact) mass is 599 g/mol. The standard InChI is InChI=1S/C30H34ClN3O6S/c1-30(2,3)32-29(36)25(16-21-10-6-5-7-11-21)33(18-22-12-8-9-13-24(22)31)28(35)19-34(41(4,37)38)23-14-15-26-27(17-23)40-20-39-26/h5-15,17,25H,16,18-20H2,1-4H3,(H,32,36)/t25-/m0/s1. The average Bonchev–Trinajstić information content (AvgIpc) is 3.37. The Morgan fingerprint density at radius 2 is 1.63 bits per heavy atom. The fourth-order valence-corrected chi connectivity index (χ4v) is 5.51. The summed E-state index contributed by atoms with van der Waals surface area (Å²) in [5, 5.41) is 3.42. The molecule has 0 saturated carbocycles. The van der Waals surface area contributed by atoms with Crippen LogP contribution in [0.4, 0.5) is 5.69 Å². The number of hydrogen-bond donors (Lipinski definition) is 1. The Morgan fingerprint density at radius 3 is 2.29 bits per heavy atom. The zero-order valence-electron chi connectivity index (χ0n) is 23.5. The van der Waals surface area contributed by atoms with E-state index >= 15 is 0 Å². The predicted molar refractivity (Wildman–Crippen MR) is 159 cm³/mol. The highest BCUT2D eigenvalue weighted by molar-refractivity contribution is 7.92. The van der Waals surface area contributed by atoms with E-state index in [4.69, 9.17) is 21.1 Å². The average molecular weight is 600 g/mol. The number of carbonyl (C=O) groups excluding carboxylic acids is 2. The molecule has 218 valence electrons. The summed E-state index contributed by atoms with van der Waals surface area (Å²) in [6.45, 7) is 5.04. The summed E-state index contributed by atoms with van der Waals surface area (Å²) in [5.41, 5.74) is 1.13. The lowest BCUT2D eigenvalue weighted by Crippen LogP contribution is -2.56. The predicted octanol–water partition coefficient (Wildman–Crippen LogP) is 4.39. The quantitative estimate of drug-likeness (QED) is 0.371. The van der Waals surface area contributed by atoms with Crippen LogP contribution in [0.2, 0.25) is 5.02 Å². The Hall–Kier alpha value is -3.76. The third kappa shape index (κ3) is 7.92. The first-order valence-corrected chi connectivity index (χ1v) is 15.3. The number of nitrogens with zero attached hydrogens (tertiary/aromatic N) is 2.